The Balaban J connectivity index is 0.000000396. The highest BCUT2D eigenvalue weighted by atomic mass is 32.1. The molecule has 0 aromatic carbocycles. The summed E-state index contributed by atoms with van der Waals surface area (Å²) in [5.74, 6) is -7.66. The van der Waals surface area contributed by atoms with Crippen LogP contribution in [0.25, 0.3) is 0 Å². The van der Waals surface area contributed by atoms with E-state index in [0.29, 0.717) is 18.1 Å². The number of carboxylic acids is 3. The van der Waals surface area contributed by atoms with E-state index in [-0.39, 0.29) is 0 Å². The van der Waals surface area contributed by atoms with Crippen LogP contribution in [-0.4, -0.2) is 105 Å². The van der Waals surface area contributed by atoms with Crippen molar-refractivity contribution in [2.24, 2.45) is 5.92 Å². The van der Waals surface area contributed by atoms with Gasteiger partial charge in [0.2, 0.25) is 0 Å². The fourth-order valence-electron chi connectivity index (χ4n) is 4.29. The molecule has 0 aliphatic carbocycles. The largest absolute Gasteiger partial charge is 0.490 e. The first kappa shape index (κ1) is 39.5. The molecular weight excluding hydrogens is 657 g/mol. The van der Waals surface area contributed by atoms with Crippen LogP contribution in [-0.2, 0) is 32.2 Å². The van der Waals surface area contributed by atoms with Gasteiger partial charge in [-0.15, -0.1) is 11.3 Å². The summed E-state index contributed by atoms with van der Waals surface area (Å²) < 4.78 is 101. The van der Waals surface area contributed by atoms with E-state index in [2.05, 4.69) is 38.4 Å². The molecule has 0 bridgehead atoms. The third kappa shape index (κ3) is 14.4. The topological polar surface area (TPSA) is 140 Å². The molecule has 4 rings (SSSR count). The Kier molecular flexibility index (Phi) is 15.2. The van der Waals surface area contributed by atoms with Crippen LogP contribution in [0.15, 0.2) is 42.0 Å². The van der Waals surface area contributed by atoms with Crippen LogP contribution in [0.1, 0.15) is 16.9 Å². The normalized spacial score (nSPS) is 20.3. The lowest BCUT2D eigenvalue weighted by molar-refractivity contribution is -0.193. The van der Waals surface area contributed by atoms with Crippen molar-refractivity contribution in [1.29, 1.82) is 0 Å². The van der Waals surface area contributed by atoms with Gasteiger partial charge in [0.25, 0.3) is 0 Å². The molecule has 2 saturated heterocycles. The molecule has 2 fully saturated rings. The van der Waals surface area contributed by atoms with Gasteiger partial charge in [-0.3, -0.25) is 14.8 Å². The highest BCUT2D eigenvalue weighted by molar-refractivity contribution is 7.09. The number of carboxylic acid groups (broad SMARTS) is 3. The second-order valence-corrected chi connectivity index (χ2v) is 10.3. The summed E-state index contributed by atoms with van der Waals surface area (Å²) in [6, 6.07) is 9.21. The SMILES string of the molecule is CO[C@H]1CCN(Cc2cccs2)[C@@H]2CN(Cc3cccnc3)C[C@H]12.O=C(O)C(F)(F)F.O=C(O)C(F)(F)F.O=C(O)C(F)(F)F. The predicted molar refractivity (Wildman–Crippen MR) is 138 cm³/mol. The Bertz CT molecular complexity index is 1140. The zero-order chi connectivity index (χ0) is 34.6. The zero-order valence-corrected chi connectivity index (χ0v) is 24.0. The van der Waals surface area contributed by atoms with Crippen LogP contribution in [0.4, 0.5) is 39.5 Å². The second-order valence-electron chi connectivity index (χ2n) is 9.31. The van der Waals surface area contributed by atoms with Crippen molar-refractivity contribution in [2.75, 3.05) is 26.7 Å². The van der Waals surface area contributed by atoms with E-state index in [9.17, 15) is 39.5 Å². The fraction of sp³-hybridized carbons (Fsp3) is 0.520. The van der Waals surface area contributed by atoms with Crippen molar-refractivity contribution in [3.63, 3.8) is 0 Å². The number of likely N-dealkylation sites (tertiary alicyclic amines) is 2. The number of rotatable bonds is 5. The Morgan fingerprint density at radius 1 is 0.889 bits per heavy atom. The highest BCUT2D eigenvalue weighted by Gasteiger charge is 2.44. The van der Waals surface area contributed by atoms with Gasteiger partial charge in [-0.05, 0) is 29.5 Å². The van der Waals surface area contributed by atoms with Gasteiger partial charge in [0.15, 0.2) is 0 Å². The fourth-order valence-corrected chi connectivity index (χ4v) is 5.02. The molecule has 0 saturated carbocycles. The third-order valence-corrected chi connectivity index (χ3v) is 7.02. The minimum atomic E-state index is -5.08. The number of piperidine rings is 1. The molecule has 254 valence electrons. The van der Waals surface area contributed by atoms with E-state index in [1.165, 1.54) is 10.4 Å². The molecule has 3 atom stereocenters. The molecular formula is C25H28F9N3O7S. The van der Waals surface area contributed by atoms with E-state index >= 15 is 0 Å². The van der Waals surface area contributed by atoms with Gasteiger partial charge < -0.3 is 20.1 Å². The van der Waals surface area contributed by atoms with Crippen LogP contribution in [0.3, 0.4) is 0 Å². The van der Waals surface area contributed by atoms with E-state index in [0.717, 1.165) is 39.1 Å². The van der Waals surface area contributed by atoms with E-state index in [4.69, 9.17) is 34.4 Å². The number of hydrogen-bond acceptors (Lipinski definition) is 8. The van der Waals surface area contributed by atoms with Crippen molar-refractivity contribution in [3.8, 4) is 0 Å². The Morgan fingerprint density at radius 3 is 1.82 bits per heavy atom. The summed E-state index contributed by atoms with van der Waals surface area (Å²) in [7, 11) is 1.88. The van der Waals surface area contributed by atoms with Gasteiger partial charge in [-0.1, -0.05) is 12.1 Å². The van der Waals surface area contributed by atoms with Crippen LogP contribution in [0.5, 0.6) is 0 Å². The number of thiophene rings is 1. The molecule has 0 spiro atoms. The number of carbonyl (C=O) groups is 3. The predicted octanol–water partition coefficient (Wildman–Crippen LogP) is 4.76. The first-order chi connectivity index (χ1) is 20.7. The number of nitrogens with zero attached hydrogens (tertiary/aromatic N) is 3. The molecule has 0 unspecified atom stereocenters. The number of alkyl halides is 9. The van der Waals surface area contributed by atoms with E-state index in [1.54, 1.807) is 0 Å². The summed E-state index contributed by atoms with van der Waals surface area (Å²) >= 11 is 1.87. The smallest absolute Gasteiger partial charge is 0.475 e. The minimum absolute atomic E-state index is 0.397. The number of fused-ring (bicyclic) bond motifs is 1. The number of hydrogen-bond donors (Lipinski definition) is 3. The van der Waals surface area contributed by atoms with Gasteiger partial charge >= 0.3 is 36.4 Å². The number of aromatic nitrogens is 1. The monoisotopic (exact) mass is 685 g/mol. The third-order valence-electron chi connectivity index (χ3n) is 6.15. The summed E-state index contributed by atoms with van der Waals surface area (Å²) in [6.07, 6.45) is -9.88. The minimum Gasteiger partial charge on any atom is -0.475 e. The number of ether oxygens (including phenoxy) is 1. The van der Waals surface area contributed by atoms with Crippen molar-refractivity contribution in [1.82, 2.24) is 14.8 Å². The number of halogens is 9. The Hall–Kier alpha value is -3.49. The summed E-state index contributed by atoms with van der Waals surface area (Å²) in [5, 5.41) is 23.6. The number of methoxy groups -OCH3 is 1. The summed E-state index contributed by atoms with van der Waals surface area (Å²) in [6.45, 7) is 5.46. The first-order valence-electron chi connectivity index (χ1n) is 12.5. The lowest BCUT2D eigenvalue weighted by Crippen LogP contribution is -2.50. The van der Waals surface area contributed by atoms with Crippen LogP contribution < -0.4 is 0 Å². The average Bonchev–Trinajstić information content (AvgIpc) is 3.59. The molecule has 2 aromatic rings. The quantitative estimate of drug-likeness (QED) is 0.378. The maximum Gasteiger partial charge on any atom is 0.490 e. The van der Waals surface area contributed by atoms with Gasteiger partial charge in [-0.25, -0.2) is 14.4 Å². The summed E-state index contributed by atoms with van der Waals surface area (Å²) in [5.41, 5.74) is 1.30. The molecule has 0 amide bonds. The summed E-state index contributed by atoms with van der Waals surface area (Å²) in [4.78, 5) is 37.7. The Labute approximate surface area is 253 Å². The molecule has 4 heterocycles. The lowest BCUT2D eigenvalue weighted by Gasteiger charge is -2.41. The maximum absolute atomic E-state index is 10.6. The second kappa shape index (κ2) is 17.3. The first-order valence-corrected chi connectivity index (χ1v) is 13.4. The van der Waals surface area contributed by atoms with Crippen molar-refractivity contribution in [3.05, 3.63) is 52.5 Å². The van der Waals surface area contributed by atoms with Gasteiger partial charge in [0.05, 0.1) is 6.10 Å². The molecule has 3 N–H and O–H groups in total. The van der Waals surface area contributed by atoms with Gasteiger partial charge in [0, 0.05) is 69.1 Å². The molecule has 20 heteroatoms. The van der Waals surface area contributed by atoms with E-state index in [1.807, 2.05) is 36.9 Å². The van der Waals surface area contributed by atoms with Crippen LogP contribution in [0, 0.1) is 5.92 Å². The van der Waals surface area contributed by atoms with Crippen LogP contribution >= 0.6 is 11.3 Å². The lowest BCUT2D eigenvalue weighted by atomic mass is 9.89. The molecule has 10 nitrogen and oxygen atoms in total. The van der Waals surface area contributed by atoms with Crippen molar-refractivity contribution < 1.29 is 74.0 Å². The number of aliphatic carboxylic acids is 3. The molecule has 2 aliphatic rings. The Morgan fingerprint density at radius 2 is 1.42 bits per heavy atom. The molecule has 0 radical (unpaired) electrons. The van der Waals surface area contributed by atoms with Crippen molar-refractivity contribution >= 4 is 29.2 Å². The van der Waals surface area contributed by atoms with Gasteiger partial charge in [0.1, 0.15) is 0 Å². The van der Waals surface area contributed by atoms with E-state index < -0.39 is 36.4 Å². The standard InChI is InChI=1S/C19H25N3OS.3C2HF3O2/c1-23-19-6-8-22(12-16-5-3-9-24-16)18-14-21(13-17(18)19)11-15-4-2-7-20-10-15;3*3-2(4,5)1(6)7/h2-5,7,9-10,17-19H,6,8,11-14H2,1H3;3*(H,6,7)/t17-,18+,19-;;;/m0.../s1. The van der Waals surface area contributed by atoms with Crippen molar-refractivity contribution in [2.45, 2.75) is 50.2 Å². The zero-order valence-electron chi connectivity index (χ0n) is 23.1. The van der Waals surface area contributed by atoms with Crippen LogP contribution in [0.2, 0.25) is 0 Å². The molecule has 45 heavy (non-hydrogen) atoms. The average molecular weight is 686 g/mol. The highest BCUT2D eigenvalue weighted by Crippen LogP contribution is 2.34. The molecule has 2 aromatic heterocycles. The number of pyridine rings is 1. The molecule has 2 aliphatic heterocycles. The maximum atomic E-state index is 10.6. The van der Waals surface area contributed by atoms with Gasteiger partial charge in [-0.2, -0.15) is 39.5 Å².